The van der Waals surface area contributed by atoms with Crippen molar-refractivity contribution >= 4 is 28.8 Å². The molecule has 1 aliphatic heterocycles. The van der Waals surface area contributed by atoms with E-state index in [0.29, 0.717) is 6.54 Å². The van der Waals surface area contributed by atoms with E-state index in [-0.39, 0.29) is 5.54 Å². The van der Waals surface area contributed by atoms with Gasteiger partial charge in [-0.3, -0.25) is 4.99 Å². The first-order valence-corrected chi connectivity index (χ1v) is 9.48. The first-order chi connectivity index (χ1) is 12.2. The summed E-state index contributed by atoms with van der Waals surface area (Å²) in [7, 11) is 0. The van der Waals surface area contributed by atoms with E-state index in [1.165, 1.54) is 30.5 Å². The topological polar surface area (TPSA) is 36.4 Å². The van der Waals surface area contributed by atoms with Crippen LogP contribution in [0.15, 0.2) is 47.5 Å². The molecule has 4 rings (SSSR count). The number of benzene rings is 2. The molecule has 3 nitrogen and oxygen atoms in total. The van der Waals surface area contributed by atoms with Gasteiger partial charge in [-0.25, -0.2) is 0 Å². The van der Waals surface area contributed by atoms with Gasteiger partial charge in [0.25, 0.3) is 0 Å². The van der Waals surface area contributed by atoms with Crippen molar-refractivity contribution in [2.75, 3.05) is 10.6 Å². The maximum atomic E-state index is 6.12. The first kappa shape index (κ1) is 16.5. The molecule has 25 heavy (non-hydrogen) atoms. The molecule has 1 heterocycles. The summed E-state index contributed by atoms with van der Waals surface area (Å²) in [4.78, 5) is 5.00. The predicted molar refractivity (Wildman–Crippen MR) is 107 cm³/mol. The highest BCUT2D eigenvalue weighted by Crippen LogP contribution is 2.40. The first-order valence-electron chi connectivity index (χ1n) is 9.10. The fraction of sp³-hybridized carbons (Fsp3) is 0.381. The molecule has 0 amide bonds. The van der Waals surface area contributed by atoms with Crippen LogP contribution in [0.3, 0.4) is 0 Å². The third-order valence-corrected chi connectivity index (χ3v) is 5.59. The summed E-state index contributed by atoms with van der Waals surface area (Å²) in [6.07, 6.45) is 6.05. The van der Waals surface area contributed by atoms with Gasteiger partial charge in [-0.2, -0.15) is 0 Å². The maximum Gasteiger partial charge on any atom is 0.127 e. The number of para-hydroxylation sites is 1. The Morgan fingerprint density at radius 2 is 1.88 bits per heavy atom. The van der Waals surface area contributed by atoms with Crippen LogP contribution in [0.2, 0.25) is 5.02 Å². The molecular weight excluding hydrogens is 330 g/mol. The van der Waals surface area contributed by atoms with E-state index in [9.17, 15) is 0 Å². The number of nitrogens with zero attached hydrogens (tertiary/aromatic N) is 1. The Morgan fingerprint density at radius 1 is 1.08 bits per heavy atom. The number of fused-ring (bicyclic) bond motifs is 1. The normalized spacial score (nSPS) is 20.0. The van der Waals surface area contributed by atoms with Gasteiger partial charge in [0.15, 0.2) is 0 Å². The van der Waals surface area contributed by atoms with Gasteiger partial charge in [0.2, 0.25) is 0 Å². The standard InChI is InChI=1S/C21H24ClN3/c1-15-7-5-10-18-19(15)24-20(21(25-18)11-3-2-4-12-21)23-14-16-8-6-9-17(22)13-16/h5-10,13,25H,2-4,11-12,14H2,1H3,(H,23,24). The van der Waals surface area contributed by atoms with Gasteiger partial charge in [0.1, 0.15) is 5.84 Å². The van der Waals surface area contributed by atoms with Crippen molar-refractivity contribution in [1.82, 2.24) is 0 Å². The summed E-state index contributed by atoms with van der Waals surface area (Å²) in [5.41, 5.74) is 4.68. The molecular formula is C21H24ClN3. The van der Waals surface area contributed by atoms with Crippen LogP contribution in [0.25, 0.3) is 0 Å². The predicted octanol–water partition coefficient (Wildman–Crippen LogP) is 5.79. The minimum absolute atomic E-state index is 0.0579. The quantitative estimate of drug-likeness (QED) is 0.717. The van der Waals surface area contributed by atoms with Gasteiger partial charge in [-0.1, -0.05) is 55.1 Å². The Kier molecular flexibility index (Phi) is 4.43. The lowest BCUT2D eigenvalue weighted by Gasteiger charge is -2.44. The SMILES string of the molecule is Cc1cccc2c1NC(=NCc1cccc(Cl)c1)C1(CCCCC1)N2. The molecule has 2 N–H and O–H groups in total. The van der Waals surface area contributed by atoms with Crippen molar-refractivity contribution in [2.45, 2.75) is 51.1 Å². The molecule has 1 aliphatic carbocycles. The van der Waals surface area contributed by atoms with Gasteiger partial charge >= 0.3 is 0 Å². The molecule has 0 bridgehead atoms. The van der Waals surface area contributed by atoms with Crippen molar-refractivity contribution < 1.29 is 0 Å². The van der Waals surface area contributed by atoms with E-state index >= 15 is 0 Å². The van der Waals surface area contributed by atoms with E-state index < -0.39 is 0 Å². The minimum Gasteiger partial charge on any atom is -0.371 e. The number of hydrogen-bond acceptors (Lipinski definition) is 2. The third-order valence-electron chi connectivity index (χ3n) is 5.36. The van der Waals surface area contributed by atoms with Gasteiger partial charge in [-0.15, -0.1) is 0 Å². The van der Waals surface area contributed by atoms with Crippen LogP contribution in [0.1, 0.15) is 43.2 Å². The highest BCUT2D eigenvalue weighted by atomic mass is 35.5. The average molecular weight is 354 g/mol. The number of anilines is 2. The summed E-state index contributed by atoms with van der Waals surface area (Å²) in [5.74, 6) is 1.08. The molecule has 1 saturated carbocycles. The molecule has 0 saturated heterocycles. The number of hydrogen-bond donors (Lipinski definition) is 2. The lowest BCUT2D eigenvalue weighted by molar-refractivity contribution is 0.402. The third kappa shape index (κ3) is 3.25. The van der Waals surface area contributed by atoms with Crippen LogP contribution in [0.4, 0.5) is 11.4 Å². The van der Waals surface area contributed by atoms with Gasteiger partial charge < -0.3 is 10.6 Å². The Morgan fingerprint density at radius 3 is 2.68 bits per heavy atom. The Labute approximate surface area is 154 Å². The van der Waals surface area contributed by atoms with Crippen molar-refractivity contribution in [3.8, 4) is 0 Å². The number of halogens is 1. The van der Waals surface area contributed by atoms with E-state index in [0.717, 1.165) is 35.0 Å². The van der Waals surface area contributed by atoms with E-state index in [4.69, 9.17) is 16.6 Å². The van der Waals surface area contributed by atoms with Crippen LogP contribution in [0, 0.1) is 6.92 Å². The van der Waals surface area contributed by atoms with Gasteiger partial charge in [-0.05, 0) is 49.1 Å². The lowest BCUT2D eigenvalue weighted by Crippen LogP contribution is -2.53. The Hall–Kier alpha value is -2.00. The molecule has 2 aromatic rings. The zero-order valence-electron chi connectivity index (χ0n) is 14.6. The lowest BCUT2D eigenvalue weighted by atomic mass is 9.79. The zero-order chi connectivity index (χ0) is 17.3. The van der Waals surface area contributed by atoms with Crippen LogP contribution in [-0.4, -0.2) is 11.4 Å². The van der Waals surface area contributed by atoms with E-state index in [2.05, 4.69) is 41.8 Å². The number of aliphatic imine (C=N–C) groups is 1. The monoisotopic (exact) mass is 353 g/mol. The molecule has 0 atom stereocenters. The Balaban J connectivity index is 1.69. The number of aryl methyl sites for hydroxylation is 1. The van der Waals surface area contributed by atoms with Gasteiger partial charge in [0.05, 0.1) is 23.5 Å². The number of rotatable bonds is 2. The largest absolute Gasteiger partial charge is 0.371 e. The minimum atomic E-state index is -0.0579. The summed E-state index contributed by atoms with van der Waals surface area (Å²) in [5, 5.41) is 8.26. The molecule has 1 fully saturated rings. The van der Waals surface area contributed by atoms with E-state index in [1.807, 2.05) is 18.2 Å². The maximum absolute atomic E-state index is 6.12. The number of amidine groups is 1. The van der Waals surface area contributed by atoms with Crippen LogP contribution in [0.5, 0.6) is 0 Å². The molecule has 0 radical (unpaired) electrons. The molecule has 0 unspecified atom stereocenters. The van der Waals surface area contributed by atoms with Crippen molar-refractivity contribution in [2.24, 2.45) is 4.99 Å². The average Bonchev–Trinajstić information content (AvgIpc) is 2.61. The molecule has 0 aromatic heterocycles. The van der Waals surface area contributed by atoms with Gasteiger partial charge in [0, 0.05) is 5.02 Å². The molecule has 2 aromatic carbocycles. The summed E-state index contributed by atoms with van der Waals surface area (Å²) < 4.78 is 0. The second kappa shape index (κ2) is 6.72. The Bertz CT molecular complexity index is 807. The van der Waals surface area contributed by atoms with Crippen molar-refractivity contribution in [3.63, 3.8) is 0 Å². The highest BCUT2D eigenvalue weighted by molar-refractivity contribution is 6.30. The van der Waals surface area contributed by atoms with Crippen LogP contribution >= 0.6 is 11.6 Å². The fourth-order valence-electron chi connectivity index (χ4n) is 4.01. The second-order valence-corrected chi connectivity index (χ2v) is 7.62. The highest BCUT2D eigenvalue weighted by Gasteiger charge is 2.41. The summed E-state index contributed by atoms with van der Waals surface area (Å²) in [6, 6.07) is 14.4. The van der Waals surface area contributed by atoms with Crippen LogP contribution in [-0.2, 0) is 6.54 Å². The molecule has 1 spiro atoms. The van der Waals surface area contributed by atoms with Crippen LogP contribution < -0.4 is 10.6 Å². The van der Waals surface area contributed by atoms with Crippen molar-refractivity contribution in [3.05, 3.63) is 58.6 Å². The second-order valence-electron chi connectivity index (χ2n) is 7.18. The molecule has 2 aliphatic rings. The van der Waals surface area contributed by atoms with Crippen molar-refractivity contribution in [1.29, 1.82) is 0 Å². The smallest absolute Gasteiger partial charge is 0.127 e. The van der Waals surface area contributed by atoms with E-state index in [1.54, 1.807) is 0 Å². The number of nitrogens with one attached hydrogen (secondary N) is 2. The fourth-order valence-corrected chi connectivity index (χ4v) is 4.22. The molecule has 130 valence electrons. The summed E-state index contributed by atoms with van der Waals surface area (Å²) in [6.45, 7) is 2.79. The molecule has 4 heteroatoms. The zero-order valence-corrected chi connectivity index (χ0v) is 15.4. The summed E-state index contributed by atoms with van der Waals surface area (Å²) >= 11 is 6.12.